The first kappa shape index (κ1) is 16.7. The Morgan fingerprint density at radius 2 is 2.26 bits per heavy atom. The highest BCUT2D eigenvalue weighted by atomic mass is 32.2. The number of aliphatic hydroxyl groups excluding tert-OH is 1. The van der Waals surface area contributed by atoms with Crippen LogP contribution in [0.15, 0.2) is 23.1 Å². The number of fused-ring (bicyclic) bond motifs is 1. The van der Waals surface area contributed by atoms with Gasteiger partial charge in [-0.05, 0) is 44.4 Å². The molecule has 0 radical (unpaired) electrons. The van der Waals surface area contributed by atoms with Gasteiger partial charge in [-0.3, -0.25) is 9.69 Å². The number of rotatable bonds is 4. The van der Waals surface area contributed by atoms with Gasteiger partial charge >= 0.3 is 0 Å². The van der Waals surface area contributed by atoms with Crippen LogP contribution in [0, 0.1) is 5.82 Å². The number of aliphatic hydroxyl groups is 1. The van der Waals surface area contributed by atoms with Crippen LogP contribution >= 0.6 is 11.8 Å². The van der Waals surface area contributed by atoms with Gasteiger partial charge < -0.3 is 10.4 Å². The number of hydrogen-bond acceptors (Lipinski definition) is 4. The van der Waals surface area contributed by atoms with Crippen LogP contribution in [0.5, 0.6) is 0 Å². The van der Waals surface area contributed by atoms with Crippen LogP contribution in [0.2, 0.25) is 0 Å². The van der Waals surface area contributed by atoms with E-state index >= 15 is 0 Å². The van der Waals surface area contributed by atoms with Gasteiger partial charge in [0, 0.05) is 16.7 Å². The van der Waals surface area contributed by atoms with Crippen LogP contribution in [0.4, 0.5) is 4.39 Å². The molecule has 1 heterocycles. The predicted molar refractivity (Wildman–Crippen MR) is 88.9 cm³/mol. The SMILES string of the molecule is CN(CC(=O)N[C@@H]1CCSc2c(F)cccc21)[C@@H]1CCC[C@@H]1O. The van der Waals surface area contributed by atoms with Gasteiger partial charge in [-0.25, -0.2) is 4.39 Å². The molecule has 2 N–H and O–H groups in total. The lowest BCUT2D eigenvalue weighted by Gasteiger charge is -2.29. The van der Waals surface area contributed by atoms with Crippen molar-refractivity contribution in [3.05, 3.63) is 29.6 Å². The number of carbonyl (C=O) groups excluding carboxylic acids is 1. The Kier molecular flexibility index (Phi) is 5.24. The van der Waals surface area contributed by atoms with Crippen molar-refractivity contribution in [2.45, 2.75) is 48.8 Å². The molecule has 1 aromatic rings. The fourth-order valence-electron chi connectivity index (χ4n) is 3.56. The van der Waals surface area contributed by atoms with Crippen LogP contribution in [0.3, 0.4) is 0 Å². The molecule has 0 aromatic heterocycles. The molecule has 4 nitrogen and oxygen atoms in total. The molecule has 3 atom stereocenters. The summed E-state index contributed by atoms with van der Waals surface area (Å²) in [5.41, 5.74) is 0.873. The smallest absolute Gasteiger partial charge is 0.234 e. The summed E-state index contributed by atoms with van der Waals surface area (Å²) in [6, 6.07) is 4.98. The predicted octanol–water partition coefficient (Wildman–Crippen LogP) is 2.32. The molecule has 0 spiro atoms. The van der Waals surface area contributed by atoms with Crippen LogP contribution in [0.1, 0.15) is 37.3 Å². The van der Waals surface area contributed by atoms with Crippen molar-refractivity contribution in [3.8, 4) is 0 Å². The van der Waals surface area contributed by atoms with Gasteiger partial charge in [-0.2, -0.15) is 0 Å². The zero-order chi connectivity index (χ0) is 16.4. The summed E-state index contributed by atoms with van der Waals surface area (Å²) in [4.78, 5) is 14.9. The average molecular weight is 338 g/mol. The molecular formula is C17H23FN2O2S. The van der Waals surface area contributed by atoms with E-state index in [4.69, 9.17) is 0 Å². The van der Waals surface area contributed by atoms with E-state index in [0.717, 1.165) is 37.0 Å². The quantitative estimate of drug-likeness (QED) is 0.885. The third-order valence-electron chi connectivity index (χ3n) is 4.76. The molecule has 1 aromatic carbocycles. The van der Waals surface area contributed by atoms with Crippen molar-refractivity contribution in [2.24, 2.45) is 0 Å². The molecule has 0 bridgehead atoms. The largest absolute Gasteiger partial charge is 0.391 e. The Morgan fingerprint density at radius 1 is 1.43 bits per heavy atom. The van der Waals surface area contributed by atoms with Gasteiger partial charge in [0.2, 0.25) is 5.91 Å². The van der Waals surface area contributed by atoms with E-state index in [0.29, 0.717) is 4.90 Å². The zero-order valence-corrected chi connectivity index (χ0v) is 14.1. The second kappa shape index (κ2) is 7.20. The Morgan fingerprint density at radius 3 is 3.00 bits per heavy atom. The van der Waals surface area contributed by atoms with E-state index in [9.17, 15) is 14.3 Å². The van der Waals surface area contributed by atoms with Crippen molar-refractivity contribution < 1.29 is 14.3 Å². The summed E-state index contributed by atoms with van der Waals surface area (Å²) in [5.74, 6) is 0.520. The van der Waals surface area contributed by atoms with Crippen LogP contribution in [-0.2, 0) is 4.79 Å². The summed E-state index contributed by atoms with van der Waals surface area (Å²) in [7, 11) is 1.88. The highest BCUT2D eigenvalue weighted by Crippen LogP contribution is 2.37. The van der Waals surface area contributed by atoms with Crippen molar-refractivity contribution in [1.82, 2.24) is 10.2 Å². The maximum Gasteiger partial charge on any atom is 0.234 e. The number of benzene rings is 1. The lowest BCUT2D eigenvalue weighted by molar-refractivity contribution is -0.123. The number of hydrogen-bond donors (Lipinski definition) is 2. The molecule has 1 saturated carbocycles. The highest BCUT2D eigenvalue weighted by Gasteiger charge is 2.30. The summed E-state index contributed by atoms with van der Waals surface area (Å²) in [6.45, 7) is 0.260. The summed E-state index contributed by atoms with van der Waals surface area (Å²) < 4.78 is 13.9. The average Bonchev–Trinajstić information content (AvgIpc) is 2.94. The molecule has 1 aliphatic heterocycles. The van der Waals surface area contributed by atoms with Crippen molar-refractivity contribution in [2.75, 3.05) is 19.3 Å². The summed E-state index contributed by atoms with van der Waals surface area (Å²) >= 11 is 1.51. The molecule has 1 fully saturated rings. The molecule has 2 aliphatic rings. The van der Waals surface area contributed by atoms with Gasteiger partial charge in [0.1, 0.15) is 5.82 Å². The minimum atomic E-state index is -0.339. The Bertz CT molecular complexity index is 584. The topological polar surface area (TPSA) is 52.6 Å². The standard InChI is InChI=1S/C17H23FN2O2S/c1-20(14-6-3-7-15(14)21)10-16(22)19-13-8-9-23-17-11(13)4-2-5-12(17)18/h2,4-5,13-15,21H,3,6-10H2,1H3,(H,19,22)/t13-,14-,15+/m1/s1. The normalized spacial score (nSPS) is 27.0. The van der Waals surface area contributed by atoms with Crippen LogP contribution in [0.25, 0.3) is 0 Å². The molecular weight excluding hydrogens is 315 g/mol. The van der Waals surface area contributed by atoms with Gasteiger partial charge in [0.15, 0.2) is 0 Å². The molecule has 23 heavy (non-hydrogen) atoms. The molecule has 1 aliphatic carbocycles. The molecule has 126 valence electrons. The van der Waals surface area contributed by atoms with Crippen molar-refractivity contribution >= 4 is 17.7 Å². The first-order valence-corrected chi connectivity index (χ1v) is 9.13. The number of thioether (sulfide) groups is 1. The van der Waals surface area contributed by atoms with Gasteiger partial charge in [0.25, 0.3) is 0 Å². The third kappa shape index (κ3) is 3.70. The Hall–Kier alpha value is -1.11. The van der Waals surface area contributed by atoms with Gasteiger partial charge in [-0.15, -0.1) is 11.8 Å². The summed E-state index contributed by atoms with van der Waals surface area (Å²) in [6.07, 6.45) is 3.21. The number of carbonyl (C=O) groups is 1. The molecule has 1 amide bonds. The second-order valence-electron chi connectivity index (χ2n) is 6.40. The lowest BCUT2D eigenvalue weighted by Crippen LogP contribution is -2.44. The Labute approximate surface area is 140 Å². The second-order valence-corrected chi connectivity index (χ2v) is 7.50. The van der Waals surface area contributed by atoms with Crippen molar-refractivity contribution in [1.29, 1.82) is 0 Å². The van der Waals surface area contributed by atoms with Crippen LogP contribution in [-0.4, -0.2) is 47.4 Å². The van der Waals surface area contributed by atoms with Crippen molar-refractivity contribution in [3.63, 3.8) is 0 Å². The van der Waals surface area contributed by atoms with E-state index in [1.807, 2.05) is 18.0 Å². The van der Waals surface area contributed by atoms with E-state index in [-0.39, 0.29) is 36.5 Å². The number of amides is 1. The first-order valence-electron chi connectivity index (χ1n) is 8.15. The van der Waals surface area contributed by atoms with Gasteiger partial charge in [0.05, 0.1) is 18.7 Å². The molecule has 6 heteroatoms. The molecule has 0 unspecified atom stereocenters. The third-order valence-corrected chi connectivity index (χ3v) is 5.92. The maximum absolute atomic E-state index is 13.9. The fraction of sp³-hybridized carbons (Fsp3) is 0.588. The van der Waals surface area contributed by atoms with E-state index in [2.05, 4.69) is 5.32 Å². The summed E-state index contributed by atoms with van der Waals surface area (Å²) in [5, 5.41) is 13.0. The monoisotopic (exact) mass is 338 g/mol. The maximum atomic E-state index is 13.9. The molecule has 0 saturated heterocycles. The number of halogens is 1. The van der Waals surface area contributed by atoms with Gasteiger partial charge in [-0.1, -0.05) is 12.1 Å². The van der Waals surface area contributed by atoms with Crippen LogP contribution < -0.4 is 5.32 Å². The lowest BCUT2D eigenvalue weighted by atomic mass is 10.0. The van der Waals surface area contributed by atoms with E-state index in [1.165, 1.54) is 17.8 Å². The fourth-order valence-corrected chi connectivity index (χ4v) is 4.70. The molecule has 3 rings (SSSR count). The van der Waals surface area contributed by atoms with E-state index < -0.39 is 0 Å². The number of likely N-dealkylation sites (N-methyl/N-ethyl adjacent to an activating group) is 1. The first-order chi connectivity index (χ1) is 11.1. The van der Waals surface area contributed by atoms with E-state index in [1.54, 1.807) is 6.07 Å². The number of nitrogens with zero attached hydrogens (tertiary/aromatic N) is 1. The number of nitrogens with one attached hydrogen (secondary N) is 1. The minimum Gasteiger partial charge on any atom is -0.391 e. The minimum absolute atomic E-state index is 0.0624. The Balaban J connectivity index is 1.62. The zero-order valence-electron chi connectivity index (χ0n) is 13.3. The highest BCUT2D eigenvalue weighted by molar-refractivity contribution is 7.99.